The Bertz CT molecular complexity index is 1160. The van der Waals surface area contributed by atoms with Crippen LogP contribution in [0.25, 0.3) is 16.9 Å². The zero-order valence-electron chi connectivity index (χ0n) is 14.3. The van der Waals surface area contributed by atoms with Gasteiger partial charge in [-0.3, -0.25) is 9.36 Å². The maximum absolute atomic E-state index is 13.0. The maximum atomic E-state index is 13.0. The molecule has 0 N–H and O–H groups in total. The molecule has 0 aliphatic rings. The Morgan fingerprint density at radius 2 is 1.81 bits per heavy atom. The fraction of sp³-hybridized carbons (Fsp3) is 0.158. The van der Waals surface area contributed by atoms with Crippen LogP contribution < -0.4 is 5.56 Å². The molecule has 0 amide bonds. The molecule has 4 rings (SSSR count). The Morgan fingerprint density at radius 1 is 1.04 bits per heavy atom. The van der Waals surface area contributed by atoms with Crippen LogP contribution >= 0.6 is 0 Å². The van der Waals surface area contributed by atoms with Crippen LogP contribution in [0.4, 0.5) is 4.39 Å². The summed E-state index contributed by atoms with van der Waals surface area (Å²) in [6.07, 6.45) is 1.47. The van der Waals surface area contributed by atoms with Gasteiger partial charge in [0.05, 0.1) is 12.2 Å². The molecule has 6 nitrogen and oxygen atoms in total. The summed E-state index contributed by atoms with van der Waals surface area (Å²) in [5.74, 6) is -0.314. The van der Waals surface area contributed by atoms with Gasteiger partial charge in [0.1, 0.15) is 12.1 Å². The fourth-order valence-electron chi connectivity index (χ4n) is 2.77. The minimum Gasteiger partial charge on any atom is -0.293 e. The topological polar surface area (TPSA) is 65.6 Å². The lowest BCUT2D eigenvalue weighted by atomic mass is 10.1. The predicted molar refractivity (Wildman–Crippen MR) is 95.9 cm³/mol. The van der Waals surface area contributed by atoms with Gasteiger partial charge in [-0.2, -0.15) is 4.68 Å². The summed E-state index contributed by atoms with van der Waals surface area (Å²) in [6, 6.07) is 11.9. The van der Waals surface area contributed by atoms with Gasteiger partial charge in [0.15, 0.2) is 11.2 Å². The maximum Gasteiger partial charge on any atom is 0.283 e. The van der Waals surface area contributed by atoms with Gasteiger partial charge in [-0.15, -0.1) is 5.10 Å². The standard InChI is InChI=1S/C19H16FN5O/c1-12-3-8-16(9-13(12)2)25-18-17(22-23-25)19(26)24(11-21-18)10-14-4-6-15(20)7-5-14/h3-9,11H,10H2,1-2H3. The lowest BCUT2D eigenvalue weighted by molar-refractivity contribution is 0.626. The number of benzene rings is 2. The molecule has 0 aliphatic heterocycles. The Kier molecular flexibility index (Phi) is 3.84. The first-order valence-electron chi connectivity index (χ1n) is 8.16. The first kappa shape index (κ1) is 16.1. The summed E-state index contributed by atoms with van der Waals surface area (Å²) >= 11 is 0. The number of hydrogen-bond acceptors (Lipinski definition) is 4. The van der Waals surface area contributed by atoms with Gasteiger partial charge in [0, 0.05) is 0 Å². The van der Waals surface area contributed by atoms with Crippen LogP contribution in [0.2, 0.25) is 0 Å². The number of aromatic nitrogens is 5. The second-order valence-corrected chi connectivity index (χ2v) is 6.25. The van der Waals surface area contributed by atoms with E-state index in [1.165, 1.54) is 28.6 Å². The summed E-state index contributed by atoms with van der Waals surface area (Å²) in [5.41, 5.74) is 4.23. The van der Waals surface area contributed by atoms with Gasteiger partial charge in [0.25, 0.3) is 5.56 Å². The smallest absolute Gasteiger partial charge is 0.283 e. The minimum absolute atomic E-state index is 0.202. The van der Waals surface area contributed by atoms with Crippen LogP contribution in [0.1, 0.15) is 16.7 Å². The summed E-state index contributed by atoms with van der Waals surface area (Å²) < 4.78 is 16.0. The molecule has 0 fully saturated rings. The predicted octanol–water partition coefficient (Wildman–Crippen LogP) is 2.78. The van der Waals surface area contributed by atoms with Gasteiger partial charge < -0.3 is 0 Å². The first-order valence-corrected chi connectivity index (χ1v) is 8.16. The summed E-state index contributed by atoms with van der Waals surface area (Å²) in [4.78, 5) is 17.1. The number of fused-ring (bicyclic) bond motifs is 1. The molecule has 4 aromatic rings. The zero-order valence-corrected chi connectivity index (χ0v) is 14.3. The van der Waals surface area contributed by atoms with Crippen molar-refractivity contribution in [3.05, 3.63) is 81.7 Å². The van der Waals surface area contributed by atoms with Crippen LogP contribution in [0.15, 0.2) is 53.6 Å². The average Bonchev–Trinajstić information content (AvgIpc) is 3.06. The normalized spacial score (nSPS) is 11.2. The number of hydrogen-bond donors (Lipinski definition) is 0. The number of halogens is 1. The van der Waals surface area contributed by atoms with E-state index in [1.807, 2.05) is 32.0 Å². The van der Waals surface area contributed by atoms with E-state index in [4.69, 9.17) is 0 Å². The van der Waals surface area contributed by atoms with Gasteiger partial charge in [-0.25, -0.2) is 9.37 Å². The van der Waals surface area contributed by atoms with Gasteiger partial charge in [0.2, 0.25) is 0 Å². The van der Waals surface area contributed by atoms with Crippen molar-refractivity contribution >= 4 is 11.2 Å². The largest absolute Gasteiger partial charge is 0.293 e. The van der Waals surface area contributed by atoms with Crippen LogP contribution in [-0.4, -0.2) is 24.5 Å². The molecule has 0 unspecified atom stereocenters. The van der Waals surface area contributed by atoms with Crippen molar-refractivity contribution in [1.29, 1.82) is 0 Å². The molecule has 2 aromatic heterocycles. The highest BCUT2D eigenvalue weighted by Gasteiger charge is 2.14. The van der Waals surface area contributed by atoms with E-state index in [0.717, 1.165) is 16.8 Å². The minimum atomic E-state index is -0.314. The fourth-order valence-corrected chi connectivity index (χ4v) is 2.77. The van der Waals surface area contributed by atoms with Crippen molar-refractivity contribution < 1.29 is 4.39 Å². The SMILES string of the molecule is Cc1ccc(-n2nnc3c(=O)n(Cc4ccc(F)cc4)cnc32)cc1C. The molecular weight excluding hydrogens is 333 g/mol. The van der Waals surface area contributed by atoms with E-state index >= 15 is 0 Å². The Labute approximate surface area is 148 Å². The summed E-state index contributed by atoms with van der Waals surface area (Å²) in [5, 5.41) is 8.12. The molecule has 7 heteroatoms. The van der Waals surface area contributed by atoms with Crippen LogP contribution in [-0.2, 0) is 6.54 Å². The lowest BCUT2D eigenvalue weighted by Gasteiger charge is -2.07. The molecule has 26 heavy (non-hydrogen) atoms. The van der Waals surface area contributed by atoms with Crippen molar-refractivity contribution in [2.24, 2.45) is 0 Å². The molecule has 0 saturated heterocycles. The molecule has 0 saturated carbocycles. The average molecular weight is 349 g/mol. The first-order chi connectivity index (χ1) is 12.5. The molecule has 0 bridgehead atoms. The van der Waals surface area contributed by atoms with Crippen molar-refractivity contribution in [1.82, 2.24) is 24.5 Å². The Hall–Kier alpha value is -3.35. The highest BCUT2D eigenvalue weighted by Crippen LogP contribution is 2.16. The third-order valence-electron chi connectivity index (χ3n) is 4.43. The number of aryl methyl sites for hydroxylation is 2. The van der Waals surface area contributed by atoms with E-state index in [-0.39, 0.29) is 16.9 Å². The molecule has 2 aromatic carbocycles. The van der Waals surface area contributed by atoms with E-state index in [0.29, 0.717) is 12.2 Å². The Balaban J connectivity index is 1.76. The molecular formula is C19H16FN5O. The molecule has 0 aliphatic carbocycles. The molecule has 0 radical (unpaired) electrons. The van der Waals surface area contributed by atoms with Crippen molar-refractivity contribution in [3.8, 4) is 5.69 Å². The second-order valence-electron chi connectivity index (χ2n) is 6.25. The van der Waals surface area contributed by atoms with Crippen molar-refractivity contribution in [2.75, 3.05) is 0 Å². The van der Waals surface area contributed by atoms with E-state index in [1.54, 1.807) is 16.8 Å². The third-order valence-corrected chi connectivity index (χ3v) is 4.43. The van der Waals surface area contributed by atoms with E-state index in [2.05, 4.69) is 15.3 Å². The molecule has 2 heterocycles. The summed E-state index contributed by atoms with van der Waals surface area (Å²) in [7, 11) is 0. The monoisotopic (exact) mass is 349 g/mol. The number of nitrogens with zero attached hydrogens (tertiary/aromatic N) is 5. The van der Waals surface area contributed by atoms with Crippen molar-refractivity contribution in [2.45, 2.75) is 20.4 Å². The zero-order chi connectivity index (χ0) is 18.3. The highest BCUT2D eigenvalue weighted by molar-refractivity contribution is 5.70. The number of rotatable bonds is 3. The van der Waals surface area contributed by atoms with Gasteiger partial charge >= 0.3 is 0 Å². The van der Waals surface area contributed by atoms with Crippen LogP contribution in [0, 0.1) is 19.7 Å². The summed E-state index contributed by atoms with van der Waals surface area (Å²) in [6.45, 7) is 4.34. The lowest BCUT2D eigenvalue weighted by Crippen LogP contribution is -2.21. The molecule has 130 valence electrons. The third kappa shape index (κ3) is 2.77. The molecule has 0 spiro atoms. The Morgan fingerprint density at radius 3 is 2.54 bits per heavy atom. The van der Waals surface area contributed by atoms with Crippen LogP contribution in [0.5, 0.6) is 0 Å². The van der Waals surface area contributed by atoms with E-state index in [9.17, 15) is 9.18 Å². The molecule has 0 atom stereocenters. The van der Waals surface area contributed by atoms with Crippen LogP contribution in [0.3, 0.4) is 0 Å². The quantitative estimate of drug-likeness (QED) is 0.570. The van der Waals surface area contributed by atoms with Gasteiger partial charge in [-0.1, -0.05) is 23.4 Å². The second kappa shape index (κ2) is 6.18. The van der Waals surface area contributed by atoms with Gasteiger partial charge in [-0.05, 0) is 54.8 Å². The van der Waals surface area contributed by atoms with Crippen molar-refractivity contribution in [3.63, 3.8) is 0 Å². The highest BCUT2D eigenvalue weighted by atomic mass is 19.1. The van der Waals surface area contributed by atoms with E-state index < -0.39 is 0 Å².